The summed E-state index contributed by atoms with van der Waals surface area (Å²) < 4.78 is 1.63. The second-order valence-corrected chi connectivity index (χ2v) is 4.46. The number of nitrogens with zero attached hydrogens (tertiary/aromatic N) is 3. The van der Waals surface area contributed by atoms with Crippen molar-refractivity contribution >= 4 is 11.6 Å². The third-order valence-electron chi connectivity index (χ3n) is 2.97. The van der Waals surface area contributed by atoms with Crippen molar-refractivity contribution in [1.29, 1.82) is 0 Å². The summed E-state index contributed by atoms with van der Waals surface area (Å²) in [5.41, 5.74) is 8.05. The zero-order valence-corrected chi connectivity index (χ0v) is 11.2. The van der Waals surface area contributed by atoms with Gasteiger partial charge in [-0.25, -0.2) is 0 Å². The number of anilines is 1. The average molecular weight is 258 g/mol. The molecule has 0 fully saturated rings. The number of nitrogens with two attached hydrogens (primary N) is 1. The highest BCUT2D eigenvalue weighted by Gasteiger charge is 2.15. The normalized spacial score (nSPS) is 10.4. The summed E-state index contributed by atoms with van der Waals surface area (Å²) >= 11 is 0. The Kier molecular flexibility index (Phi) is 3.85. The fourth-order valence-corrected chi connectivity index (χ4v) is 1.88. The van der Waals surface area contributed by atoms with E-state index in [1.54, 1.807) is 29.0 Å². The number of hydrogen-bond acceptors (Lipinski definition) is 3. The lowest BCUT2D eigenvalue weighted by molar-refractivity contribution is 0.0752. The lowest BCUT2D eigenvalue weighted by Gasteiger charge is -2.20. The molecule has 2 N–H and O–H groups in total. The zero-order valence-electron chi connectivity index (χ0n) is 11.2. The van der Waals surface area contributed by atoms with Crippen LogP contribution >= 0.6 is 0 Å². The first-order valence-electron chi connectivity index (χ1n) is 6.22. The Labute approximate surface area is 112 Å². The van der Waals surface area contributed by atoms with Gasteiger partial charge in [0, 0.05) is 32.0 Å². The Morgan fingerprint density at radius 1 is 1.37 bits per heavy atom. The predicted molar refractivity (Wildman–Crippen MR) is 74.5 cm³/mol. The second-order valence-electron chi connectivity index (χ2n) is 4.46. The largest absolute Gasteiger partial charge is 0.399 e. The highest BCUT2D eigenvalue weighted by Crippen LogP contribution is 2.11. The van der Waals surface area contributed by atoms with E-state index in [0.717, 1.165) is 11.3 Å². The van der Waals surface area contributed by atoms with Crippen LogP contribution < -0.4 is 5.73 Å². The molecule has 100 valence electrons. The number of carbonyl (C=O) groups excluding carboxylic acids is 1. The number of benzene rings is 1. The van der Waals surface area contributed by atoms with E-state index < -0.39 is 0 Å². The van der Waals surface area contributed by atoms with Gasteiger partial charge in [-0.15, -0.1) is 0 Å². The number of rotatable bonds is 4. The van der Waals surface area contributed by atoms with Crippen molar-refractivity contribution in [3.8, 4) is 0 Å². The Hall–Kier alpha value is -2.30. The maximum Gasteiger partial charge on any atom is 0.257 e. The number of amides is 1. The molecule has 1 amide bonds. The summed E-state index contributed by atoms with van der Waals surface area (Å²) in [7, 11) is 1.80. The SMILES string of the molecule is CCN(Cc1ccc(N)cc1)C(=O)c1cnn(C)c1. The molecule has 19 heavy (non-hydrogen) atoms. The quantitative estimate of drug-likeness (QED) is 0.848. The zero-order chi connectivity index (χ0) is 13.8. The minimum Gasteiger partial charge on any atom is -0.399 e. The van der Waals surface area contributed by atoms with Gasteiger partial charge >= 0.3 is 0 Å². The molecule has 0 atom stereocenters. The van der Waals surface area contributed by atoms with E-state index in [1.165, 1.54) is 0 Å². The van der Waals surface area contributed by atoms with E-state index in [-0.39, 0.29) is 5.91 Å². The molecule has 1 aromatic heterocycles. The smallest absolute Gasteiger partial charge is 0.257 e. The van der Waals surface area contributed by atoms with Gasteiger partial charge in [0.1, 0.15) is 0 Å². The van der Waals surface area contributed by atoms with E-state index in [2.05, 4.69) is 5.10 Å². The number of hydrogen-bond donors (Lipinski definition) is 1. The van der Waals surface area contributed by atoms with E-state index in [4.69, 9.17) is 5.73 Å². The van der Waals surface area contributed by atoms with Gasteiger partial charge in [-0.3, -0.25) is 9.48 Å². The summed E-state index contributed by atoms with van der Waals surface area (Å²) in [6.45, 7) is 3.19. The van der Waals surface area contributed by atoms with Gasteiger partial charge in [0.05, 0.1) is 11.8 Å². The molecular weight excluding hydrogens is 240 g/mol. The first-order valence-corrected chi connectivity index (χ1v) is 6.22. The number of aryl methyl sites for hydroxylation is 1. The molecule has 0 unspecified atom stereocenters. The Morgan fingerprint density at radius 3 is 2.58 bits per heavy atom. The van der Waals surface area contributed by atoms with Crippen LogP contribution in [0.5, 0.6) is 0 Å². The van der Waals surface area contributed by atoms with Crippen LogP contribution in [0, 0.1) is 0 Å². The van der Waals surface area contributed by atoms with Gasteiger partial charge in [0.2, 0.25) is 0 Å². The van der Waals surface area contributed by atoms with Crippen LogP contribution in [-0.4, -0.2) is 27.1 Å². The molecular formula is C14H18N4O. The van der Waals surface area contributed by atoms with Gasteiger partial charge in [-0.1, -0.05) is 12.1 Å². The third kappa shape index (κ3) is 3.13. The monoisotopic (exact) mass is 258 g/mol. The molecule has 0 saturated heterocycles. The van der Waals surface area contributed by atoms with Gasteiger partial charge in [0.15, 0.2) is 0 Å². The summed E-state index contributed by atoms with van der Waals surface area (Å²) in [6.07, 6.45) is 3.32. The molecule has 0 saturated carbocycles. The van der Waals surface area contributed by atoms with E-state index in [1.807, 2.05) is 31.2 Å². The third-order valence-corrected chi connectivity index (χ3v) is 2.97. The van der Waals surface area contributed by atoms with Gasteiger partial charge in [-0.2, -0.15) is 5.10 Å². The standard InChI is InChI=1S/C14H18N4O/c1-3-18(9-11-4-6-13(15)7-5-11)14(19)12-8-16-17(2)10-12/h4-8,10H,3,9,15H2,1-2H3. The Morgan fingerprint density at radius 2 is 2.05 bits per heavy atom. The predicted octanol–water partition coefficient (Wildman–Crippen LogP) is 1.66. The van der Waals surface area contributed by atoms with Crippen LogP contribution in [0.15, 0.2) is 36.7 Å². The van der Waals surface area contributed by atoms with Gasteiger partial charge in [0.25, 0.3) is 5.91 Å². The lowest BCUT2D eigenvalue weighted by Crippen LogP contribution is -2.30. The fourth-order valence-electron chi connectivity index (χ4n) is 1.88. The lowest BCUT2D eigenvalue weighted by atomic mass is 10.2. The van der Waals surface area contributed by atoms with Crippen LogP contribution in [0.25, 0.3) is 0 Å². The molecule has 2 rings (SSSR count). The molecule has 0 radical (unpaired) electrons. The summed E-state index contributed by atoms with van der Waals surface area (Å²) in [4.78, 5) is 14.1. The topological polar surface area (TPSA) is 64.2 Å². The summed E-state index contributed by atoms with van der Waals surface area (Å²) in [5, 5.41) is 4.03. The number of nitrogen functional groups attached to an aromatic ring is 1. The molecule has 0 spiro atoms. The average Bonchev–Trinajstić information content (AvgIpc) is 2.84. The Balaban J connectivity index is 2.11. The minimum atomic E-state index is -0.00701. The van der Waals surface area contributed by atoms with E-state index in [9.17, 15) is 4.79 Å². The molecule has 5 nitrogen and oxygen atoms in total. The van der Waals surface area contributed by atoms with Gasteiger partial charge < -0.3 is 10.6 Å². The molecule has 5 heteroatoms. The van der Waals surface area contributed by atoms with Crippen molar-refractivity contribution in [2.75, 3.05) is 12.3 Å². The van der Waals surface area contributed by atoms with Crippen molar-refractivity contribution in [2.45, 2.75) is 13.5 Å². The highest BCUT2D eigenvalue weighted by atomic mass is 16.2. The maximum atomic E-state index is 12.3. The molecule has 0 aliphatic rings. The van der Waals surface area contributed by atoms with Crippen molar-refractivity contribution in [3.05, 3.63) is 47.8 Å². The summed E-state index contributed by atoms with van der Waals surface area (Å²) in [6, 6.07) is 7.57. The second kappa shape index (κ2) is 5.56. The maximum absolute atomic E-state index is 12.3. The molecule has 1 aromatic carbocycles. The van der Waals surface area contributed by atoms with Crippen LogP contribution in [-0.2, 0) is 13.6 Å². The molecule has 2 aromatic rings. The van der Waals surface area contributed by atoms with Crippen LogP contribution in [0.4, 0.5) is 5.69 Å². The molecule has 0 bridgehead atoms. The van der Waals surface area contributed by atoms with Crippen LogP contribution in [0.1, 0.15) is 22.8 Å². The van der Waals surface area contributed by atoms with Crippen molar-refractivity contribution in [1.82, 2.24) is 14.7 Å². The summed E-state index contributed by atoms with van der Waals surface area (Å²) in [5.74, 6) is -0.00701. The number of aromatic nitrogens is 2. The fraction of sp³-hybridized carbons (Fsp3) is 0.286. The van der Waals surface area contributed by atoms with Crippen molar-refractivity contribution < 1.29 is 4.79 Å². The van der Waals surface area contributed by atoms with E-state index >= 15 is 0 Å². The molecule has 1 heterocycles. The van der Waals surface area contributed by atoms with Crippen molar-refractivity contribution in [2.24, 2.45) is 7.05 Å². The molecule has 0 aliphatic carbocycles. The first kappa shape index (κ1) is 13.1. The Bertz CT molecular complexity index is 559. The minimum absolute atomic E-state index is 0.00701. The van der Waals surface area contributed by atoms with Crippen LogP contribution in [0.3, 0.4) is 0 Å². The highest BCUT2D eigenvalue weighted by molar-refractivity contribution is 5.93. The van der Waals surface area contributed by atoms with E-state index in [0.29, 0.717) is 18.7 Å². The number of carbonyl (C=O) groups is 1. The van der Waals surface area contributed by atoms with Gasteiger partial charge in [-0.05, 0) is 24.6 Å². The molecule has 0 aliphatic heterocycles. The van der Waals surface area contributed by atoms with Crippen LogP contribution in [0.2, 0.25) is 0 Å². The first-order chi connectivity index (χ1) is 9.10. The van der Waals surface area contributed by atoms with Crippen molar-refractivity contribution in [3.63, 3.8) is 0 Å².